The highest BCUT2D eigenvalue weighted by molar-refractivity contribution is 6.23. The van der Waals surface area contributed by atoms with Crippen LogP contribution in [0.2, 0.25) is 0 Å². The smallest absolute Gasteiger partial charge is 0.136 e. The summed E-state index contributed by atoms with van der Waals surface area (Å²) in [6.07, 6.45) is 0. The van der Waals surface area contributed by atoms with E-state index in [0.29, 0.717) is 0 Å². The first-order valence-corrected chi connectivity index (χ1v) is 16.2. The average Bonchev–Trinajstić information content (AvgIpc) is 3.49. The van der Waals surface area contributed by atoms with Gasteiger partial charge >= 0.3 is 0 Å². The van der Waals surface area contributed by atoms with Gasteiger partial charge in [0.25, 0.3) is 0 Å². The first kappa shape index (κ1) is 26.1. The summed E-state index contributed by atoms with van der Waals surface area (Å²) in [5.41, 5.74) is 9.19. The second-order valence-electron chi connectivity index (χ2n) is 12.5. The third-order valence-corrected chi connectivity index (χ3v) is 9.80. The van der Waals surface area contributed by atoms with Gasteiger partial charge in [-0.25, -0.2) is 0 Å². The average molecular weight is 597 g/mol. The van der Waals surface area contributed by atoms with Gasteiger partial charge in [-0.2, -0.15) is 0 Å². The van der Waals surface area contributed by atoms with Crippen LogP contribution in [0.3, 0.4) is 0 Å². The molecule has 1 aromatic heterocycles. The Balaban J connectivity index is 1.31. The van der Waals surface area contributed by atoms with E-state index in [0.717, 1.165) is 21.9 Å². The molecule has 0 saturated heterocycles. The van der Waals surface area contributed by atoms with Crippen molar-refractivity contribution in [1.29, 1.82) is 0 Å². The van der Waals surface area contributed by atoms with Crippen molar-refractivity contribution in [2.45, 2.75) is 0 Å². The van der Waals surface area contributed by atoms with Gasteiger partial charge < -0.3 is 4.42 Å². The number of benzene rings is 9. The van der Waals surface area contributed by atoms with Crippen LogP contribution in [0.5, 0.6) is 0 Å². The highest BCUT2D eigenvalue weighted by Gasteiger charge is 2.19. The molecule has 1 nitrogen and oxygen atoms in total. The minimum Gasteiger partial charge on any atom is -0.456 e. The summed E-state index contributed by atoms with van der Waals surface area (Å²) in [5.74, 6) is 0. The third-order valence-electron chi connectivity index (χ3n) is 9.80. The van der Waals surface area contributed by atoms with Gasteiger partial charge in [0.2, 0.25) is 0 Å². The topological polar surface area (TPSA) is 13.1 Å². The lowest BCUT2D eigenvalue weighted by Crippen LogP contribution is -1.92. The van der Waals surface area contributed by atoms with Gasteiger partial charge in [0.15, 0.2) is 0 Å². The second-order valence-corrected chi connectivity index (χ2v) is 12.5. The van der Waals surface area contributed by atoms with Crippen molar-refractivity contribution in [3.05, 3.63) is 170 Å². The minimum absolute atomic E-state index is 0.909. The number of fused-ring (bicyclic) bond motifs is 7. The molecule has 47 heavy (non-hydrogen) atoms. The van der Waals surface area contributed by atoms with Gasteiger partial charge in [-0.1, -0.05) is 133 Å². The van der Waals surface area contributed by atoms with Crippen LogP contribution in [-0.2, 0) is 0 Å². The molecule has 1 heteroatoms. The van der Waals surface area contributed by atoms with E-state index in [4.69, 9.17) is 4.42 Å². The van der Waals surface area contributed by atoms with Gasteiger partial charge in [-0.15, -0.1) is 0 Å². The molecule has 0 unspecified atom stereocenters. The van der Waals surface area contributed by atoms with Crippen LogP contribution in [0.1, 0.15) is 0 Å². The fraction of sp³-hybridized carbons (Fsp3) is 0. The molecule has 0 spiro atoms. The van der Waals surface area contributed by atoms with E-state index in [9.17, 15) is 0 Å². The maximum absolute atomic E-state index is 6.40. The van der Waals surface area contributed by atoms with Gasteiger partial charge in [0.1, 0.15) is 11.2 Å². The van der Waals surface area contributed by atoms with E-state index in [1.54, 1.807) is 0 Å². The minimum atomic E-state index is 0.909. The summed E-state index contributed by atoms with van der Waals surface area (Å²) < 4.78 is 6.40. The Morgan fingerprint density at radius 2 is 0.787 bits per heavy atom. The second kappa shape index (κ2) is 10.2. The zero-order valence-corrected chi connectivity index (χ0v) is 25.6. The largest absolute Gasteiger partial charge is 0.456 e. The fourth-order valence-electron chi connectivity index (χ4n) is 7.57. The predicted molar refractivity (Wildman–Crippen MR) is 200 cm³/mol. The monoisotopic (exact) mass is 596 g/mol. The normalized spacial score (nSPS) is 11.8. The van der Waals surface area contributed by atoms with Gasteiger partial charge in [0.05, 0.1) is 0 Å². The maximum atomic E-state index is 6.40. The Morgan fingerprint density at radius 3 is 1.57 bits per heavy atom. The molecule has 0 saturated carbocycles. The van der Waals surface area contributed by atoms with E-state index in [1.165, 1.54) is 76.5 Å². The highest BCUT2D eigenvalue weighted by atomic mass is 16.3. The van der Waals surface area contributed by atoms with E-state index in [1.807, 2.05) is 0 Å². The molecule has 218 valence electrons. The number of rotatable bonds is 3. The van der Waals surface area contributed by atoms with Crippen molar-refractivity contribution in [2.24, 2.45) is 0 Å². The summed E-state index contributed by atoms with van der Waals surface area (Å²) in [4.78, 5) is 0. The van der Waals surface area contributed by atoms with E-state index in [-0.39, 0.29) is 0 Å². The molecule has 0 bridgehead atoms. The van der Waals surface area contributed by atoms with Crippen molar-refractivity contribution in [2.75, 3.05) is 0 Å². The predicted octanol–water partition coefficient (Wildman–Crippen LogP) is 13.2. The van der Waals surface area contributed by atoms with Crippen LogP contribution < -0.4 is 0 Å². The van der Waals surface area contributed by atoms with Crippen molar-refractivity contribution in [3.8, 4) is 33.4 Å². The molecule has 9 aromatic carbocycles. The lowest BCUT2D eigenvalue weighted by atomic mass is 9.84. The van der Waals surface area contributed by atoms with Gasteiger partial charge in [-0.3, -0.25) is 0 Å². The summed E-state index contributed by atoms with van der Waals surface area (Å²) in [5, 5.41) is 12.2. The first-order chi connectivity index (χ1) is 23.3. The Morgan fingerprint density at radius 1 is 0.255 bits per heavy atom. The quantitative estimate of drug-likeness (QED) is 0.185. The highest BCUT2D eigenvalue weighted by Crippen LogP contribution is 2.46. The lowest BCUT2D eigenvalue weighted by Gasteiger charge is -2.19. The number of hydrogen-bond acceptors (Lipinski definition) is 1. The molecule has 1 heterocycles. The number of hydrogen-bond donors (Lipinski definition) is 0. The van der Waals surface area contributed by atoms with Crippen LogP contribution >= 0.6 is 0 Å². The molecule has 10 rings (SSSR count). The molecule has 0 aliphatic carbocycles. The van der Waals surface area contributed by atoms with Crippen molar-refractivity contribution in [1.82, 2.24) is 0 Å². The fourth-order valence-corrected chi connectivity index (χ4v) is 7.57. The summed E-state index contributed by atoms with van der Waals surface area (Å²) in [7, 11) is 0. The third kappa shape index (κ3) is 4.10. The van der Waals surface area contributed by atoms with E-state index >= 15 is 0 Å². The standard InChI is InChI=1S/C46H28O/c1-2-10-29(11-3-1)34-20-22-39-42(26-34)46(35-19-18-30-12-4-5-13-31(30)24-35)38-17-9-8-16-37(38)45(39)36-21-23-43-40(27-36)41-25-32-14-6-7-15-33(32)28-44(41)47-43/h1-28H. The molecule has 0 aliphatic rings. The Labute approximate surface area is 271 Å². The number of furan rings is 1. The molecule has 0 radical (unpaired) electrons. The summed E-state index contributed by atoms with van der Waals surface area (Å²) in [6.45, 7) is 0. The summed E-state index contributed by atoms with van der Waals surface area (Å²) >= 11 is 0. The van der Waals surface area contributed by atoms with E-state index < -0.39 is 0 Å². The van der Waals surface area contributed by atoms with Crippen LogP contribution in [0.25, 0.3) is 98.4 Å². The Bertz CT molecular complexity index is 2840. The van der Waals surface area contributed by atoms with Crippen molar-refractivity contribution < 1.29 is 4.42 Å². The first-order valence-electron chi connectivity index (χ1n) is 16.2. The lowest BCUT2D eigenvalue weighted by molar-refractivity contribution is 0.669. The Hall–Kier alpha value is -6.18. The zero-order chi connectivity index (χ0) is 30.9. The van der Waals surface area contributed by atoms with E-state index in [2.05, 4.69) is 170 Å². The van der Waals surface area contributed by atoms with Crippen LogP contribution in [0, 0.1) is 0 Å². The molecule has 0 amide bonds. The van der Waals surface area contributed by atoms with Crippen LogP contribution in [-0.4, -0.2) is 0 Å². The van der Waals surface area contributed by atoms with Crippen molar-refractivity contribution in [3.63, 3.8) is 0 Å². The maximum Gasteiger partial charge on any atom is 0.136 e. The zero-order valence-electron chi connectivity index (χ0n) is 25.6. The molecule has 0 atom stereocenters. The molecule has 0 N–H and O–H groups in total. The van der Waals surface area contributed by atoms with Crippen LogP contribution in [0.4, 0.5) is 0 Å². The van der Waals surface area contributed by atoms with Crippen molar-refractivity contribution >= 4 is 65.0 Å². The molecule has 0 aliphatic heterocycles. The van der Waals surface area contributed by atoms with Gasteiger partial charge in [0, 0.05) is 10.8 Å². The molecular formula is C46H28O. The van der Waals surface area contributed by atoms with Crippen LogP contribution in [0.15, 0.2) is 174 Å². The SMILES string of the molecule is c1ccc(-c2ccc3c(-c4ccc5oc6cc7ccccc7cc6c5c4)c4ccccc4c(-c4ccc5ccccc5c4)c3c2)cc1. The molecule has 10 aromatic rings. The molecule has 0 fully saturated rings. The molecular weight excluding hydrogens is 569 g/mol. The van der Waals surface area contributed by atoms with Gasteiger partial charge in [-0.05, 0) is 113 Å². The summed E-state index contributed by atoms with van der Waals surface area (Å²) in [6, 6.07) is 61.7. The Kier molecular flexibility index (Phi) is 5.64.